The molecule has 0 amide bonds. The van der Waals surface area contributed by atoms with Gasteiger partial charge in [-0.1, -0.05) is 60.7 Å². The molecule has 5 aromatic rings. The molecule has 0 saturated carbocycles. The van der Waals surface area contributed by atoms with E-state index in [-0.39, 0.29) is 13.2 Å². The van der Waals surface area contributed by atoms with Crippen LogP contribution in [0.5, 0.6) is 0 Å². The highest BCUT2D eigenvalue weighted by molar-refractivity contribution is 7.99. The van der Waals surface area contributed by atoms with Crippen molar-refractivity contribution in [3.63, 3.8) is 0 Å². The molecule has 0 unspecified atom stereocenters. The maximum atomic E-state index is 9.19. The number of para-hydroxylation sites is 2. The fourth-order valence-corrected chi connectivity index (χ4v) is 7.13. The van der Waals surface area contributed by atoms with Crippen LogP contribution in [0.1, 0.15) is 35.2 Å². The third-order valence-corrected chi connectivity index (χ3v) is 9.43. The average molecular weight is 551 g/mol. The van der Waals surface area contributed by atoms with Gasteiger partial charge in [0.1, 0.15) is 0 Å². The molecule has 6 rings (SSSR count). The number of hydrogen-bond acceptors (Lipinski definition) is 6. The van der Waals surface area contributed by atoms with Gasteiger partial charge in [0.05, 0.1) is 27.8 Å². The van der Waals surface area contributed by atoms with Crippen molar-refractivity contribution in [3.05, 3.63) is 119 Å². The lowest BCUT2D eigenvalue weighted by Gasteiger charge is -2.32. The van der Waals surface area contributed by atoms with Crippen molar-refractivity contribution in [2.45, 2.75) is 28.0 Å². The lowest BCUT2D eigenvalue weighted by atomic mass is 9.69. The fraction of sp³-hybridized carbons (Fsp3) is 0.212. The van der Waals surface area contributed by atoms with Crippen molar-refractivity contribution in [3.8, 4) is 11.3 Å². The zero-order valence-electron chi connectivity index (χ0n) is 21.6. The fourth-order valence-electron chi connectivity index (χ4n) is 5.46. The standard InChI is InChI=1S/C33H30N2O2S2/c36-19-5-21-38-25-15-11-23(12-16-25)33(24-13-17-26(18-14-24)39-22-6-20-37)28-8-2-1-7-27(28)31-32(33)35-30-10-4-3-9-29(30)34-31/h1-4,7-18,36-37H,5-6,19-22H2. The molecule has 0 atom stereocenters. The van der Waals surface area contributed by atoms with Gasteiger partial charge in [0.2, 0.25) is 0 Å². The Morgan fingerprint density at radius 3 is 1.67 bits per heavy atom. The van der Waals surface area contributed by atoms with Crippen LogP contribution in [0.3, 0.4) is 0 Å². The molecule has 0 aliphatic heterocycles. The van der Waals surface area contributed by atoms with Crippen LogP contribution in [0.2, 0.25) is 0 Å². The van der Waals surface area contributed by atoms with Gasteiger partial charge in [-0.05, 0) is 65.9 Å². The van der Waals surface area contributed by atoms with Gasteiger partial charge in [0.15, 0.2) is 0 Å². The first-order valence-electron chi connectivity index (χ1n) is 13.3. The number of aliphatic hydroxyl groups excluding tert-OH is 2. The molecule has 0 saturated heterocycles. The molecule has 6 heteroatoms. The van der Waals surface area contributed by atoms with Crippen molar-refractivity contribution in [1.29, 1.82) is 0 Å². The molecule has 4 nitrogen and oxygen atoms in total. The highest BCUT2D eigenvalue weighted by Crippen LogP contribution is 2.55. The monoisotopic (exact) mass is 550 g/mol. The lowest BCUT2D eigenvalue weighted by molar-refractivity contribution is 0.296. The molecule has 0 fully saturated rings. The summed E-state index contributed by atoms with van der Waals surface area (Å²) in [5.74, 6) is 1.78. The second-order valence-corrected chi connectivity index (χ2v) is 11.9. The van der Waals surface area contributed by atoms with E-state index in [0.717, 1.165) is 63.5 Å². The van der Waals surface area contributed by atoms with Crippen LogP contribution in [0.15, 0.2) is 107 Å². The van der Waals surface area contributed by atoms with E-state index < -0.39 is 5.41 Å². The van der Waals surface area contributed by atoms with Crippen molar-refractivity contribution in [2.24, 2.45) is 0 Å². The van der Waals surface area contributed by atoms with E-state index in [1.165, 1.54) is 15.4 Å². The number of hydrogen-bond donors (Lipinski definition) is 2. The zero-order valence-corrected chi connectivity index (χ0v) is 23.2. The molecular weight excluding hydrogens is 521 g/mol. The largest absolute Gasteiger partial charge is 0.396 e. The van der Waals surface area contributed by atoms with E-state index in [2.05, 4.69) is 72.8 Å². The molecule has 1 aliphatic rings. The first-order valence-corrected chi connectivity index (χ1v) is 15.3. The Hall–Kier alpha value is -3.16. The molecule has 196 valence electrons. The Bertz CT molecular complexity index is 1530. The third-order valence-electron chi connectivity index (χ3n) is 7.23. The molecule has 39 heavy (non-hydrogen) atoms. The third kappa shape index (κ3) is 4.76. The molecule has 1 heterocycles. The highest BCUT2D eigenvalue weighted by Gasteiger charge is 2.48. The van der Waals surface area contributed by atoms with Gasteiger partial charge in [-0.25, -0.2) is 9.97 Å². The molecule has 4 aromatic carbocycles. The van der Waals surface area contributed by atoms with Crippen LogP contribution in [-0.4, -0.2) is 44.9 Å². The van der Waals surface area contributed by atoms with E-state index in [1.807, 2.05) is 24.3 Å². The number of benzene rings is 4. The van der Waals surface area contributed by atoms with Crippen LogP contribution in [0.25, 0.3) is 22.3 Å². The molecule has 0 spiro atoms. The maximum absolute atomic E-state index is 9.19. The smallest absolute Gasteiger partial charge is 0.0944 e. The van der Waals surface area contributed by atoms with Gasteiger partial charge in [-0.15, -0.1) is 23.5 Å². The SMILES string of the molecule is OCCCSc1ccc(C2(c3ccc(SCCCO)cc3)c3ccccc3-c3nc4ccccc4nc32)cc1. The van der Waals surface area contributed by atoms with Crippen LogP contribution >= 0.6 is 23.5 Å². The number of aromatic nitrogens is 2. The molecular formula is C33H30N2O2S2. The van der Waals surface area contributed by atoms with Crippen LogP contribution in [0, 0.1) is 0 Å². The van der Waals surface area contributed by atoms with E-state index in [4.69, 9.17) is 9.97 Å². The minimum absolute atomic E-state index is 0.211. The average Bonchev–Trinajstić information content (AvgIpc) is 3.27. The van der Waals surface area contributed by atoms with Crippen LogP contribution in [-0.2, 0) is 5.41 Å². The van der Waals surface area contributed by atoms with Crippen molar-refractivity contribution >= 4 is 34.6 Å². The molecule has 0 radical (unpaired) electrons. The summed E-state index contributed by atoms with van der Waals surface area (Å²) in [4.78, 5) is 12.9. The summed E-state index contributed by atoms with van der Waals surface area (Å²) in [5.41, 5.74) is 7.71. The minimum atomic E-state index is -0.606. The number of rotatable bonds is 10. The van der Waals surface area contributed by atoms with Crippen molar-refractivity contribution in [1.82, 2.24) is 9.97 Å². The Morgan fingerprint density at radius 1 is 0.590 bits per heavy atom. The highest BCUT2D eigenvalue weighted by atomic mass is 32.2. The predicted octanol–water partition coefficient (Wildman–Crippen LogP) is 6.94. The van der Waals surface area contributed by atoms with Crippen molar-refractivity contribution in [2.75, 3.05) is 24.7 Å². The van der Waals surface area contributed by atoms with Crippen LogP contribution in [0.4, 0.5) is 0 Å². The summed E-state index contributed by atoms with van der Waals surface area (Å²) in [6.45, 7) is 0.422. The molecule has 0 bridgehead atoms. The summed E-state index contributed by atoms with van der Waals surface area (Å²) in [7, 11) is 0. The van der Waals surface area contributed by atoms with Gasteiger partial charge >= 0.3 is 0 Å². The first kappa shape index (κ1) is 26.1. The number of thioether (sulfide) groups is 2. The van der Waals surface area contributed by atoms with Gasteiger partial charge < -0.3 is 10.2 Å². The summed E-state index contributed by atoms with van der Waals surface area (Å²) in [5, 5.41) is 18.4. The number of aliphatic hydroxyl groups is 2. The van der Waals surface area contributed by atoms with E-state index in [1.54, 1.807) is 23.5 Å². The van der Waals surface area contributed by atoms with Gasteiger partial charge in [0.25, 0.3) is 0 Å². The summed E-state index contributed by atoms with van der Waals surface area (Å²) >= 11 is 3.53. The molecule has 1 aromatic heterocycles. The maximum Gasteiger partial charge on any atom is 0.0944 e. The van der Waals surface area contributed by atoms with E-state index in [9.17, 15) is 10.2 Å². The number of fused-ring (bicyclic) bond motifs is 4. The molecule has 1 aliphatic carbocycles. The normalized spacial score (nSPS) is 13.4. The second kappa shape index (κ2) is 11.5. The van der Waals surface area contributed by atoms with Gasteiger partial charge in [-0.2, -0.15) is 0 Å². The van der Waals surface area contributed by atoms with Gasteiger partial charge in [-0.3, -0.25) is 0 Å². The Labute approximate surface area is 237 Å². The second-order valence-electron chi connectivity index (χ2n) is 9.61. The molecule has 2 N–H and O–H groups in total. The first-order chi connectivity index (χ1) is 19.3. The quantitative estimate of drug-likeness (QED) is 0.142. The Kier molecular flexibility index (Phi) is 7.71. The predicted molar refractivity (Wildman–Crippen MR) is 162 cm³/mol. The van der Waals surface area contributed by atoms with E-state index >= 15 is 0 Å². The van der Waals surface area contributed by atoms with E-state index in [0.29, 0.717) is 0 Å². The summed E-state index contributed by atoms with van der Waals surface area (Å²) in [6.07, 6.45) is 1.56. The number of nitrogens with zero attached hydrogens (tertiary/aromatic N) is 2. The Morgan fingerprint density at radius 2 is 1.10 bits per heavy atom. The summed E-state index contributed by atoms with van der Waals surface area (Å²) < 4.78 is 0. The summed E-state index contributed by atoms with van der Waals surface area (Å²) in [6, 6.07) is 34.3. The minimum Gasteiger partial charge on any atom is -0.396 e. The van der Waals surface area contributed by atoms with Gasteiger partial charge in [0, 0.05) is 40.1 Å². The Balaban J connectivity index is 1.56. The zero-order chi connectivity index (χ0) is 26.7. The van der Waals surface area contributed by atoms with Crippen LogP contribution < -0.4 is 0 Å². The lowest BCUT2D eigenvalue weighted by Crippen LogP contribution is -2.29. The topological polar surface area (TPSA) is 66.2 Å². The van der Waals surface area contributed by atoms with Crippen molar-refractivity contribution < 1.29 is 10.2 Å².